The molecule has 2 atom stereocenters. The van der Waals surface area contributed by atoms with Crippen molar-refractivity contribution in [3.8, 4) is 0 Å². The molecule has 2 unspecified atom stereocenters. The molecule has 1 saturated heterocycles. The number of amides is 3. The van der Waals surface area contributed by atoms with Gasteiger partial charge in [0.15, 0.2) is 0 Å². The summed E-state index contributed by atoms with van der Waals surface area (Å²) in [4.78, 5) is 35.8. The summed E-state index contributed by atoms with van der Waals surface area (Å²) < 4.78 is 5.11. The molecule has 0 spiro atoms. The smallest absolute Gasteiger partial charge is 0.317 e. The third kappa shape index (κ3) is 5.22. The predicted octanol–water partition coefficient (Wildman–Crippen LogP) is -0.500. The Balaban J connectivity index is 2.40. The lowest BCUT2D eigenvalue weighted by molar-refractivity contribution is -0.142. The van der Waals surface area contributed by atoms with Gasteiger partial charge in [0.05, 0.1) is 25.8 Å². The highest BCUT2D eigenvalue weighted by Gasteiger charge is 2.38. The summed E-state index contributed by atoms with van der Waals surface area (Å²) >= 11 is 0. The molecule has 0 aromatic heterocycles. The molecule has 1 aliphatic heterocycles. The Morgan fingerprint density at radius 1 is 1.29 bits per heavy atom. The lowest BCUT2D eigenvalue weighted by atomic mass is 10.0. The number of carboxylic acid groups (broad SMARTS) is 1. The summed E-state index contributed by atoms with van der Waals surface area (Å²) in [6.45, 7) is 4.62. The van der Waals surface area contributed by atoms with Crippen LogP contribution in [0.3, 0.4) is 0 Å². The number of urea groups is 1. The van der Waals surface area contributed by atoms with Crippen LogP contribution in [0, 0.1) is 11.8 Å². The first-order valence-corrected chi connectivity index (χ1v) is 6.90. The molecule has 1 rings (SSSR count). The fraction of sp³-hybridized carbons (Fsp3) is 0.769. The quantitative estimate of drug-likeness (QED) is 0.613. The van der Waals surface area contributed by atoms with Gasteiger partial charge in [-0.25, -0.2) is 4.79 Å². The molecule has 0 aliphatic carbocycles. The van der Waals surface area contributed by atoms with Crippen molar-refractivity contribution in [3.63, 3.8) is 0 Å². The molecule has 3 amide bonds. The molecule has 1 heterocycles. The van der Waals surface area contributed by atoms with Crippen molar-refractivity contribution >= 4 is 17.9 Å². The monoisotopic (exact) mass is 301 g/mol. The first-order chi connectivity index (χ1) is 9.82. The summed E-state index contributed by atoms with van der Waals surface area (Å²) in [6, 6.07) is -1.02. The number of carboxylic acids is 1. The minimum Gasteiger partial charge on any atom is -0.481 e. The van der Waals surface area contributed by atoms with Crippen molar-refractivity contribution in [2.24, 2.45) is 11.8 Å². The van der Waals surface area contributed by atoms with Crippen molar-refractivity contribution < 1.29 is 24.2 Å². The third-order valence-electron chi connectivity index (χ3n) is 3.29. The van der Waals surface area contributed by atoms with Crippen LogP contribution in [0.4, 0.5) is 4.79 Å². The minimum atomic E-state index is -0.994. The molecular weight excluding hydrogens is 278 g/mol. The Bertz CT molecular complexity index is 399. The van der Waals surface area contributed by atoms with Crippen LogP contribution in [0.15, 0.2) is 0 Å². The van der Waals surface area contributed by atoms with E-state index in [-0.39, 0.29) is 25.7 Å². The van der Waals surface area contributed by atoms with E-state index in [1.54, 1.807) is 0 Å². The Morgan fingerprint density at radius 3 is 2.52 bits per heavy atom. The summed E-state index contributed by atoms with van der Waals surface area (Å²) in [5.74, 6) is -1.68. The van der Waals surface area contributed by atoms with Crippen molar-refractivity contribution in [2.75, 3.05) is 33.4 Å². The number of aliphatic carboxylic acids is 1. The van der Waals surface area contributed by atoms with E-state index >= 15 is 0 Å². The maximum Gasteiger partial charge on any atom is 0.317 e. The largest absolute Gasteiger partial charge is 0.481 e. The normalized spacial score (nSPS) is 21.1. The molecule has 0 aromatic rings. The standard InChI is InChI=1S/C13H23N3O5/c1-8(2)4-14-11(17)5-15-13(20)16(3)10-7-21-6-9(10)12(18)19/h8-10H,4-7H2,1-3H3,(H,14,17)(H,15,20)(H,18,19). The number of carbonyl (C=O) groups is 3. The fourth-order valence-electron chi connectivity index (χ4n) is 1.97. The molecule has 120 valence electrons. The van der Waals surface area contributed by atoms with Gasteiger partial charge in [0.2, 0.25) is 5.91 Å². The second-order valence-corrected chi connectivity index (χ2v) is 5.52. The number of hydrogen-bond acceptors (Lipinski definition) is 4. The molecule has 0 saturated carbocycles. The van der Waals surface area contributed by atoms with Crippen LogP contribution in [0.5, 0.6) is 0 Å². The van der Waals surface area contributed by atoms with Gasteiger partial charge in [-0.1, -0.05) is 13.8 Å². The van der Waals surface area contributed by atoms with Gasteiger partial charge >= 0.3 is 12.0 Å². The molecule has 8 nitrogen and oxygen atoms in total. The number of nitrogens with one attached hydrogen (secondary N) is 2. The van der Waals surface area contributed by atoms with Gasteiger partial charge in [0, 0.05) is 13.6 Å². The van der Waals surface area contributed by atoms with E-state index in [4.69, 9.17) is 9.84 Å². The van der Waals surface area contributed by atoms with Crippen molar-refractivity contribution in [1.29, 1.82) is 0 Å². The zero-order valence-corrected chi connectivity index (χ0v) is 12.6. The zero-order chi connectivity index (χ0) is 16.0. The van der Waals surface area contributed by atoms with E-state index < -0.39 is 24.0 Å². The van der Waals surface area contributed by atoms with Crippen LogP contribution >= 0.6 is 0 Å². The van der Waals surface area contributed by atoms with E-state index in [9.17, 15) is 14.4 Å². The van der Waals surface area contributed by atoms with Crippen molar-refractivity contribution in [2.45, 2.75) is 19.9 Å². The van der Waals surface area contributed by atoms with Crippen LogP contribution in [-0.2, 0) is 14.3 Å². The van der Waals surface area contributed by atoms with Gasteiger partial charge < -0.3 is 25.4 Å². The molecule has 8 heteroatoms. The average Bonchev–Trinajstić information content (AvgIpc) is 2.90. The van der Waals surface area contributed by atoms with E-state index in [2.05, 4.69) is 10.6 Å². The Kier molecular flexibility index (Phi) is 6.41. The number of nitrogens with zero attached hydrogens (tertiary/aromatic N) is 1. The lowest BCUT2D eigenvalue weighted by Gasteiger charge is -2.26. The summed E-state index contributed by atoms with van der Waals surface area (Å²) in [5, 5.41) is 14.2. The lowest BCUT2D eigenvalue weighted by Crippen LogP contribution is -2.50. The summed E-state index contributed by atoms with van der Waals surface area (Å²) in [7, 11) is 1.50. The van der Waals surface area contributed by atoms with Gasteiger partial charge in [-0.2, -0.15) is 0 Å². The van der Waals surface area contributed by atoms with Gasteiger partial charge in [-0.05, 0) is 5.92 Å². The highest BCUT2D eigenvalue weighted by atomic mass is 16.5. The van der Waals surface area contributed by atoms with Crippen molar-refractivity contribution in [3.05, 3.63) is 0 Å². The predicted molar refractivity (Wildman–Crippen MR) is 74.7 cm³/mol. The average molecular weight is 301 g/mol. The first kappa shape index (κ1) is 17.2. The second kappa shape index (κ2) is 7.82. The third-order valence-corrected chi connectivity index (χ3v) is 3.29. The summed E-state index contributed by atoms with van der Waals surface area (Å²) in [5.41, 5.74) is 0. The van der Waals surface area contributed by atoms with Gasteiger partial charge in [-0.15, -0.1) is 0 Å². The SMILES string of the molecule is CC(C)CNC(=O)CNC(=O)N(C)C1COCC1C(=O)O. The zero-order valence-electron chi connectivity index (χ0n) is 12.6. The molecule has 0 radical (unpaired) electrons. The second-order valence-electron chi connectivity index (χ2n) is 5.52. The molecule has 1 aliphatic rings. The summed E-state index contributed by atoms with van der Waals surface area (Å²) in [6.07, 6.45) is 0. The highest BCUT2D eigenvalue weighted by molar-refractivity contribution is 5.84. The molecular formula is C13H23N3O5. The fourth-order valence-corrected chi connectivity index (χ4v) is 1.97. The minimum absolute atomic E-state index is 0.0898. The maximum atomic E-state index is 11.9. The topological polar surface area (TPSA) is 108 Å². The molecule has 1 fully saturated rings. The van der Waals surface area contributed by atoms with Crippen LogP contribution in [0.2, 0.25) is 0 Å². The van der Waals surface area contributed by atoms with Crippen LogP contribution < -0.4 is 10.6 Å². The Labute approximate surface area is 123 Å². The number of carbonyl (C=O) groups excluding carboxylic acids is 2. The highest BCUT2D eigenvalue weighted by Crippen LogP contribution is 2.18. The van der Waals surface area contributed by atoms with Crippen LogP contribution in [0.1, 0.15) is 13.8 Å². The van der Waals surface area contributed by atoms with Gasteiger partial charge in [0.1, 0.15) is 5.92 Å². The molecule has 0 bridgehead atoms. The molecule has 0 aromatic carbocycles. The molecule has 3 N–H and O–H groups in total. The van der Waals surface area contributed by atoms with E-state index in [1.807, 2.05) is 13.8 Å². The van der Waals surface area contributed by atoms with E-state index in [1.165, 1.54) is 11.9 Å². The van der Waals surface area contributed by atoms with Crippen LogP contribution in [-0.4, -0.2) is 67.3 Å². The van der Waals surface area contributed by atoms with Crippen molar-refractivity contribution in [1.82, 2.24) is 15.5 Å². The first-order valence-electron chi connectivity index (χ1n) is 6.90. The maximum absolute atomic E-state index is 11.9. The number of rotatable bonds is 6. The Hall–Kier alpha value is -1.83. The number of likely N-dealkylation sites (N-methyl/N-ethyl adjacent to an activating group) is 1. The Morgan fingerprint density at radius 2 is 1.95 bits per heavy atom. The van der Waals surface area contributed by atoms with Crippen LogP contribution in [0.25, 0.3) is 0 Å². The molecule has 21 heavy (non-hydrogen) atoms. The van der Waals surface area contributed by atoms with E-state index in [0.29, 0.717) is 12.5 Å². The van der Waals surface area contributed by atoms with Gasteiger partial charge in [0.25, 0.3) is 0 Å². The van der Waals surface area contributed by atoms with Gasteiger partial charge in [-0.3, -0.25) is 9.59 Å². The number of hydrogen-bond donors (Lipinski definition) is 3. The van der Waals surface area contributed by atoms with E-state index in [0.717, 1.165) is 0 Å². The number of ether oxygens (including phenoxy) is 1.